The van der Waals surface area contributed by atoms with Gasteiger partial charge in [-0.2, -0.15) is 0 Å². The van der Waals surface area contributed by atoms with Crippen LogP contribution in [0.4, 0.5) is 0 Å². The summed E-state index contributed by atoms with van der Waals surface area (Å²) in [5.74, 6) is 0.870. The standard InChI is InChI=1S/C16H20ClNO3/c1-20-10-8-18(11-15-3-2-9-21-15)12-16(19)13-4-6-14(17)7-5-13/h2-7,9,16,19H,8,10-12H2,1H3. The molecule has 1 aromatic carbocycles. The maximum absolute atomic E-state index is 10.4. The van der Waals surface area contributed by atoms with E-state index in [-0.39, 0.29) is 0 Å². The molecule has 2 aromatic rings. The minimum absolute atomic E-state index is 0.506. The average molecular weight is 310 g/mol. The third-order valence-corrected chi connectivity index (χ3v) is 3.51. The Bertz CT molecular complexity index is 513. The first-order chi connectivity index (χ1) is 10.2. The normalized spacial score (nSPS) is 12.8. The molecule has 0 aliphatic heterocycles. The van der Waals surface area contributed by atoms with Gasteiger partial charge in [0.15, 0.2) is 0 Å². The van der Waals surface area contributed by atoms with Crippen molar-refractivity contribution < 1.29 is 14.3 Å². The van der Waals surface area contributed by atoms with E-state index in [4.69, 9.17) is 20.8 Å². The second-order valence-electron chi connectivity index (χ2n) is 4.87. The number of hydrogen-bond acceptors (Lipinski definition) is 4. The highest BCUT2D eigenvalue weighted by Gasteiger charge is 2.15. The lowest BCUT2D eigenvalue weighted by Gasteiger charge is -2.24. The molecule has 1 aromatic heterocycles. The second-order valence-corrected chi connectivity index (χ2v) is 5.31. The molecule has 0 fully saturated rings. The SMILES string of the molecule is COCCN(Cc1ccco1)CC(O)c1ccc(Cl)cc1. The maximum atomic E-state index is 10.4. The summed E-state index contributed by atoms with van der Waals surface area (Å²) in [6, 6.07) is 11.0. The summed E-state index contributed by atoms with van der Waals surface area (Å²) in [5, 5.41) is 11.0. The van der Waals surface area contributed by atoms with Gasteiger partial charge in [-0.15, -0.1) is 0 Å². The Kier molecular flexibility index (Phi) is 6.26. The number of halogens is 1. The molecule has 1 unspecified atom stereocenters. The van der Waals surface area contributed by atoms with Crippen LogP contribution in [0.15, 0.2) is 47.1 Å². The van der Waals surface area contributed by atoms with Gasteiger partial charge >= 0.3 is 0 Å². The molecule has 1 atom stereocenters. The molecule has 4 nitrogen and oxygen atoms in total. The third kappa shape index (κ3) is 5.17. The third-order valence-electron chi connectivity index (χ3n) is 3.26. The molecule has 1 N–H and O–H groups in total. The molecule has 0 radical (unpaired) electrons. The minimum Gasteiger partial charge on any atom is -0.468 e. The molecule has 0 aliphatic rings. The van der Waals surface area contributed by atoms with Crippen molar-refractivity contribution >= 4 is 11.6 Å². The first-order valence-electron chi connectivity index (χ1n) is 6.86. The van der Waals surface area contributed by atoms with Gasteiger partial charge < -0.3 is 14.3 Å². The summed E-state index contributed by atoms with van der Waals surface area (Å²) in [7, 11) is 1.67. The first-order valence-corrected chi connectivity index (χ1v) is 7.24. The number of aliphatic hydroxyl groups excluding tert-OH is 1. The van der Waals surface area contributed by atoms with Crippen LogP contribution in [0.25, 0.3) is 0 Å². The van der Waals surface area contributed by atoms with Crippen molar-refractivity contribution in [2.45, 2.75) is 12.6 Å². The summed E-state index contributed by atoms with van der Waals surface area (Å²) < 4.78 is 10.5. The highest BCUT2D eigenvalue weighted by molar-refractivity contribution is 6.30. The van der Waals surface area contributed by atoms with Crippen LogP contribution in [0.5, 0.6) is 0 Å². The van der Waals surface area contributed by atoms with Crippen LogP contribution in [0.1, 0.15) is 17.4 Å². The zero-order valence-corrected chi connectivity index (χ0v) is 12.8. The maximum Gasteiger partial charge on any atom is 0.117 e. The molecule has 0 saturated heterocycles. The summed E-state index contributed by atoms with van der Waals surface area (Å²) in [5.41, 5.74) is 0.848. The van der Waals surface area contributed by atoms with E-state index in [0.717, 1.165) is 17.9 Å². The number of nitrogens with zero attached hydrogens (tertiary/aromatic N) is 1. The highest BCUT2D eigenvalue weighted by atomic mass is 35.5. The van der Waals surface area contributed by atoms with Gasteiger partial charge in [-0.25, -0.2) is 0 Å². The van der Waals surface area contributed by atoms with Gasteiger partial charge in [-0.3, -0.25) is 4.90 Å². The van der Waals surface area contributed by atoms with Crippen molar-refractivity contribution in [3.8, 4) is 0 Å². The van der Waals surface area contributed by atoms with Crippen LogP contribution in [-0.2, 0) is 11.3 Å². The molecule has 5 heteroatoms. The Balaban J connectivity index is 1.97. The van der Waals surface area contributed by atoms with Gasteiger partial charge in [0.1, 0.15) is 5.76 Å². The van der Waals surface area contributed by atoms with Crippen molar-refractivity contribution in [1.29, 1.82) is 0 Å². The fraction of sp³-hybridized carbons (Fsp3) is 0.375. The van der Waals surface area contributed by atoms with Crippen molar-refractivity contribution in [2.24, 2.45) is 0 Å². The smallest absolute Gasteiger partial charge is 0.117 e. The van der Waals surface area contributed by atoms with Gasteiger partial charge in [0.25, 0.3) is 0 Å². The fourth-order valence-corrected chi connectivity index (χ4v) is 2.24. The molecule has 0 saturated carbocycles. The van der Waals surface area contributed by atoms with E-state index in [1.54, 1.807) is 25.5 Å². The zero-order valence-electron chi connectivity index (χ0n) is 12.0. The summed E-state index contributed by atoms with van der Waals surface area (Å²) in [6.07, 6.45) is 1.08. The van der Waals surface area contributed by atoms with E-state index in [9.17, 15) is 5.11 Å². The summed E-state index contributed by atoms with van der Waals surface area (Å²) in [4.78, 5) is 2.10. The van der Waals surface area contributed by atoms with Crippen LogP contribution in [0.2, 0.25) is 5.02 Å². The van der Waals surface area contributed by atoms with Crippen molar-refractivity contribution in [2.75, 3.05) is 26.8 Å². The Labute approximate surface area is 129 Å². The molecular formula is C16H20ClNO3. The average Bonchev–Trinajstić information content (AvgIpc) is 2.98. The lowest BCUT2D eigenvalue weighted by molar-refractivity contribution is 0.0811. The van der Waals surface area contributed by atoms with E-state index in [1.165, 1.54) is 0 Å². The molecule has 0 bridgehead atoms. The van der Waals surface area contributed by atoms with Gasteiger partial charge in [-0.1, -0.05) is 23.7 Å². The van der Waals surface area contributed by atoms with Gasteiger partial charge in [-0.05, 0) is 29.8 Å². The quantitative estimate of drug-likeness (QED) is 0.814. The molecule has 1 heterocycles. The molecule has 114 valence electrons. The predicted molar refractivity (Wildman–Crippen MR) is 82.3 cm³/mol. The van der Waals surface area contributed by atoms with E-state index >= 15 is 0 Å². The Morgan fingerprint density at radius 3 is 2.67 bits per heavy atom. The fourth-order valence-electron chi connectivity index (χ4n) is 2.11. The van der Waals surface area contributed by atoms with Gasteiger partial charge in [0.2, 0.25) is 0 Å². The number of benzene rings is 1. The van der Waals surface area contributed by atoms with E-state index in [2.05, 4.69) is 4.90 Å². The molecule has 2 rings (SSSR count). The lowest BCUT2D eigenvalue weighted by Crippen LogP contribution is -2.31. The van der Waals surface area contributed by atoms with Crippen LogP contribution in [0, 0.1) is 0 Å². The molecule has 0 aliphatic carbocycles. The number of aliphatic hydroxyl groups is 1. The second kappa shape index (κ2) is 8.20. The zero-order chi connectivity index (χ0) is 15.1. The number of ether oxygens (including phenoxy) is 1. The summed E-state index contributed by atoms with van der Waals surface area (Å²) in [6.45, 7) is 2.47. The van der Waals surface area contributed by atoms with Gasteiger partial charge in [0.05, 0.1) is 25.5 Å². The van der Waals surface area contributed by atoms with Crippen molar-refractivity contribution in [3.63, 3.8) is 0 Å². The Morgan fingerprint density at radius 1 is 1.29 bits per heavy atom. The number of rotatable bonds is 8. The topological polar surface area (TPSA) is 45.8 Å². The first kappa shape index (κ1) is 16.0. The van der Waals surface area contributed by atoms with E-state index in [0.29, 0.717) is 24.7 Å². The minimum atomic E-state index is -0.575. The van der Waals surface area contributed by atoms with Crippen LogP contribution < -0.4 is 0 Å². The molecule has 0 amide bonds. The molecule has 0 spiro atoms. The van der Waals surface area contributed by atoms with Gasteiger partial charge in [0, 0.05) is 25.2 Å². The molecule has 21 heavy (non-hydrogen) atoms. The van der Waals surface area contributed by atoms with E-state index in [1.807, 2.05) is 24.3 Å². The lowest BCUT2D eigenvalue weighted by atomic mass is 10.1. The number of methoxy groups -OCH3 is 1. The summed E-state index contributed by atoms with van der Waals surface area (Å²) >= 11 is 5.86. The monoisotopic (exact) mass is 309 g/mol. The number of furan rings is 1. The largest absolute Gasteiger partial charge is 0.468 e. The van der Waals surface area contributed by atoms with Crippen LogP contribution >= 0.6 is 11.6 Å². The van der Waals surface area contributed by atoms with Crippen LogP contribution in [0.3, 0.4) is 0 Å². The number of hydrogen-bond donors (Lipinski definition) is 1. The molecular weight excluding hydrogens is 290 g/mol. The van der Waals surface area contributed by atoms with E-state index < -0.39 is 6.10 Å². The highest BCUT2D eigenvalue weighted by Crippen LogP contribution is 2.18. The Morgan fingerprint density at radius 2 is 2.05 bits per heavy atom. The predicted octanol–water partition coefficient (Wildman–Crippen LogP) is 3.12. The Hall–Kier alpha value is -1.33. The van der Waals surface area contributed by atoms with Crippen LogP contribution in [-0.4, -0.2) is 36.8 Å². The van der Waals surface area contributed by atoms with Crippen molar-refractivity contribution in [3.05, 3.63) is 59.0 Å². The van der Waals surface area contributed by atoms with Crippen molar-refractivity contribution in [1.82, 2.24) is 4.90 Å².